The molecule has 6 nitrogen and oxygen atoms in total. The van der Waals surface area contributed by atoms with E-state index in [1.807, 2.05) is 24.3 Å². The Bertz CT molecular complexity index is 523. The Morgan fingerprint density at radius 2 is 1.60 bits per heavy atom. The second kappa shape index (κ2) is 7.24. The minimum Gasteiger partial charge on any atom is -0.296 e. The Balaban J connectivity index is 1.90. The monoisotopic (exact) mass is 272 g/mol. The van der Waals surface area contributed by atoms with Gasteiger partial charge in [-0.05, 0) is 49.3 Å². The van der Waals surface area contributed by atoms with Gasteiger partial charge < -0.3 is 0 Å². The van der Waals surface area contributed by atoms with Crippen molar-refractivity contribution in [1.82, 2.24) is 5.43 Å². The van der Waals surface area contributed by atoms with Crippen LogP contribution in [0.15, 0.2) is 34.5 Å². The van der Waals surface area contributed by atoms with Gasteiger partial charge in [0.25, 0.3) is 12.2 Å². The molecule has 0 unspecified atom stereocenters. The zero-order valence-corrected chi connectivity index (χ0v) is 11.0. The summed E-state index contributed by atoms with van der Waals surface area (Å²) in [6, 6.07) is 8.17. The molecule has 1 aliphatic carbocycles. The fourth-order valence-electron chi connectivity index (χ4n) is 2.59. The Hall–Kier alpha value is -2.42. The van der Waals surface area contributed by atoms with Crippen molar-refractivity contribution in [2.45, 2.75) is 37.6 Å². The number of hydrogen-bond acceptors (Lipinski definition) is 6. The third kappa shape index (κ3) is 3.79. The first-order chi connectivity index (χ1) is 9.83. The quantitative estimate of drug-likeness (QED) is 0.489. The van der Waals surface area contributed by atoms with E-state index in [1.54, 1.807) is 0 Å². The molecule has 0 amide bonds. The van der Waals surface area contributed by atoms with Crippen LogP contribution in [-0.2, 0) is 9.59 Å². The summed E-state index contributed by atoms with van der Waals surface area (Å²) in [7, 11) is 0. The second-order valence-corrected chi connectivity index (χ2v) is 4.82. The summed E-state index contributed by atoms with van der Waals surface area (Å²) in [4.78, 5) is 20.1. The van der Waals surface area contributed by atoms with Crippen molar-refractivity contribution < 1.29 is 9.59 Å². The van der Waals surface area contributed by atoms with Gasteiger partial charge in [-0.1, -0.05) is 22.3 Å². The SMILES string of the molecule is O=C=NNc1ccc(C2CCC(NN=C=O)CC2)cc1. The van der Waals surface area contributed by atoms with Crippen molar-refractivity contribution in [3.05, 3.63) is 29.8 Å². The van der Waals surface area contributed by atoms with Gasteiger partial charge in [-0.2, -0.15) is 0 Å². The molecule has 1 aliphatic rings. The van der Waals surface area contributed by atoms with Crippen LogP contribution in [0.25, 0.3) is 0 Å². The van der Waals surface area contributed by atoms with Crippen LogP contribution in [0.5, 0.6) is 0 Å². The highest BCUT2D eigenvalue weighted by Gasteiger charge is 2.21. The van der Waals surface area contributed by atoms with E-state index in [-0.39, 0.29) is 6.04 Å². The molecule has 1 aromatic carbocycles. The number of hydrazone groups is 2. The van der Waals surface area contributed by atoms with E-state index in [0.29, 0.717) is 5.92 Å². The van der Waals surface area contributed by atoms with Crippen LogP contribution in [0.4, 0.5) is 5.69 Å². The van der Waals surface area contributed by atoms with Crippen LogP contribution in [0.3, 0.4) is 0 Å². The third-order valence-corrected chi connectivity index (χ3v) is 3.63. The van der Waals surface area contributed by atoms with Gasteiger partial charge in [0.1, 0.15) is 0 Å². The van der Waals surface area contributed by atoms with E-state index in [9.17, 15) is 9.59 Å². The lowest BCUT2D eigenvalue weighted by molar-refractivity contribution is 0.347. The number of rotatable bonds is 5. The van der Waals surface area contributed by atoms with Crippen molar-refractivity contribution in [2.24, 2.45) is 10.2 Å². The number of carbonyl (C=O) groups excluding carboxylic acids is 2. The highest BCUT2D eigenvalue weighted by Crippen LogP contribution is 2.33. The normalized spacial score (nSPS) is 21.2. The maximum atomic E-state index is 10.0. The molecule has 1 fully saturated rings. The summed E-state index contributed by atoms with van der Waals surface area (Å²) < 4.78 is 0. The van der Waals surface area contributed by atoms with E-state index >= 15 is 0 Å². The lowest BCUT2D eigenvalue weighted by atomic mass is 9.82. The molecule has 0 aromatic heterocycles. The van der Waals surface area contributed by atoms with Crippen LogP contribution in [0.2, 0.25) is 0 Å². The van der Waals surface area contributed by atoms with Gasteiger partial charge in [0.15, 0.2) is 0 Å². The van der Waals surface area contributed by atoms with Crippen molar-refractivity contribution in [3.8, 4) is 0 Å². The highest BCUT2D eigenvalue weighted by molar-refractivity contribution is 5.47. The number of anilines is 1. The lowest BCUT2D eigenvalue weighted by Gasteiger charge is -2.28. The Morgan fingerprint density at radius 1 is 0.950 bits per heavy atom. The van der Waals surface area contributed by atoms with Gasteiger partial charge in [0, 0.05) is 6.04 Å². The maximum Gasteiger partial charge on any atom is 0.258 e. The average Bonchev–Trinajstić information content (AvgIpc) is 2.52. The molecule has 0 heterocycles. The molecule has 0 atom stereocenters. The van der Waals surface area contributed by atoms with Crippen LogP contribution in [0, 0.1) is 0 Å². The first-order valence-corrected chi connectivity index (χ1v) is 6.58. The van der Waals surface area contributed by atoms with Crippen molar-refractivity contribution in [2.75, 3.05) is 5.43 Å². The van der Waals surface area contributed by atoms with E-state index in [4.69, 9.17) is 0 Å². The first-order valence-electron chi connectivity index (χ1n) is 6.58. The Kier molecular flexibility index (Phi) is 5.07. The number of isocyanates is 2. The summed E-state index contributed by atoms with van der Waals surface area (Å²) in [5.74, 6) is 0.525. The first kappa shape index (κ1) is 14.0. The van der Waals surface area contributed by atoms with E-state index in [0.717, 1.165) is 31.4 Å². The molecule has 1 saturated carbocycles. The average molecular weight is 272 g/mol. The number of nitrogens with zero attached hydrogens (tertiary/aromatic N) is 2. The molecule has 6 heteroatoms. The van der Waals surface area contributed by atoms with Crippen molar-refractivity contribution in [1.29, 1.82) is 0 Å². The molecule has 20 heavy (non-hydrogen) atoms. The summed E-state index contributed by atoms with van der Waals surface area (Å²) in [6.45, 7) is 0. The predicted octanol–water partition coefficient (Wildman–Crippen LogP) is 2.22. The lowest BCUT2D eigenvalue weighted by Crippen LogP contribution is -2.28. The molecular formula is C14H16N4O2. The van der Waals surface area contributed by atoms with Gasteiger partial charge in [0.2, 0.25) is 0 Å². The zero-order chi connectivity index (χ0) is 14.2. The molecule has 0 aliphatic heterocycles. The van der Waals surface area contributed by atoms with E-state index < -0.39 is 0 Å². The van der Waals surface area contributed by atoms with Gasteiger partial charge >= 0.3 is 0 Å². The molecule has 0 radical (unpaired) electrons. The molecule has 2 rings (SSSR count). The van der Waals surface area contributed by atoms with Crippen LogP contribution >= 0.6 is 0 Å². The van der Waals surface area contributed by atoms with Gasteiger partial charge in [-0.3, -0.25) is 10.9 Å². The molecular weight excluding hydrogens is 256 g/mol. The number of hydrogen-bond donors (Lipinski definition) is 2. The fourth-order valence-corrected chi connectivity index (χ4v) is 2.59. The molecule has 1 aromatic rings. The number of benzene rings is 1. The second-order valence-electron chi connectivity index (χ2n) is 4.82. The standard InChI is InChI=1S/C14H16N4O2/c19-9-15-17-13-5-1-11(2-6-13)12-3-7-14(8-4-12)18-16-10-20/h1-2,5-6,12,14,17-18H,3-4,7-8H2. The van der Waals surface area contributed by atoms with E-state index in [2.05, 4.69) is 21.1 Å². The van der Waals surface area contributed by atoms with Gasteiger partial charge in [0.05, 0.1) is 5.69 Å². The van der Waals surface area contributed by atoms with E-state index in [1.165, 1.54) is 17.7 Å². The van der Waals surface area contributed by atoms with Gasteiger partial charge in [-0.25, -0.2) is 9.59 Å². The van der Waals surface area contributed by atoms with Gasteiger partial charge in [-0.15, -0.1) is 0 Å². The highest BCUT2D eigenvalue weighted by atomic mass is 16.1. The molecule has 2 N–H and O–H groups in total. The predicted molar refractivity (Wildman–Crippen MR) is 74.4 cm³/mol. The third-order valence-electron chi connectivity index (χ3n) is 3.63. The maximum absolute atomic E-state index is 10.0. The zero-order valence-electron chi connectivity index (χ0n) is 11.0. The van der Waals surface area contributed by atoms with Crippen LogP contribution in [-0.4, -0.2) is 18.2 Å². The van der Waals surface area contributed by atoms with Crippen LogP contribution < -0.4 is 10.9 Å². The van der Waals surface area contributed by atoms with Crippen molar-refractivity contribution >= 4 is 17.8 Å². The summed E-state index contributed by atoms with van der Waals surface area (Å²) in [5, 5.41) is 6.74. The Labute approximate surface area is 116 Å². The Morgan fingerprint density at radius 3 is 2.20 bits per heavy atom. The summed E-state index contributed by atoms with van der Waals surface area (Å²) in [6.07, 6.45) is 7.04. The van der Waals surface area contributed by atoms with Crippen LogP contribution in [0.1, 0.15) is 37.2 Å². The summed E-state index contributed by atoms with van der Waals surface area (Å²) in [5.41, 5.74) is 7.47. The molecule has 104 valence electrons. The fraction of sp³-hybridized carbons (Fsp3) is 0.429. The van der Waals surface area contributed by atoms with Crippen molar-refractivity contribution in [3.63, 3.8) is 0 Å². The minimum absolute atomic E-state index is 0.274. The summed E-state index contributed by atoms with van der Waals surface area (Å²) >= 11 is 0. The number of nitrogens with one attached hydrogen (secondary N) is 2. The molecule has 0 bridgehead atoms. The largest absolute Gasteiger partial charge is 0.296 e. The minimum atomic E-state index is 0.274. The molecule has 0 spiro atoms. The smallest absolute Gasteiger partial charge is 0.258 e. The molecule has 0 saturated heterocycles. The topological polar surface area (TPSA) is 82.9 Å².